The summed E-state index contributed by atoms with van der Waals surface area (Å²) in [5.41, 5.74) is 0. The first kappa shape index (κ1) is 16.8. The smallest absolute Gasteiger partial charge is 0.264 e. The lowest BCUT2D eigenvalue weighted by Crippen LogP contribution is -2.42. The first-order valence-electron chi connectivity index (χ1n) is 5.67. The van der Waals surface area contributed by atoms with E-state index < -0.39 is 35.0 Å². The minimum atomic E-state index is -3.77. The quantitative estimate of drug-likeness (QED) is 0.390. The van der Waals surface area contributed by atoms with Crippen molar-refractivity contribution in [2.24, 2.45) is 0 Å². The molecule has 3 atom stereocenters. The summed E-state index contributed by atoms with van der Waals surface area (Å²) in [6.45, 7) is 1.34. The highest BCUT2D eigenvalue weighted by molar-refractivity contribution is 7.86. The van der Waals surface area contributed by atoms with E-state index >= 15 is 0 Å². The van der Waals surface area contributed by atoms with E-state index in [2.05, 4.69) is 4.18 Å². The third kappa shape index (κ3) is 7.67. The summed E-state index contributed by atoms with van der Waals surface area (Å²) in [5.74, 6) is 0. The van der Waals surface area contributed by atoms with Crippen molar-refractivity contribution < 1.29 is 27.9 Å². The normalized spacial score (nSPS) is 17.7. The number of rotatable bonds is 9. The summed E-state index contributed by atoms with van der Waals surface area (Å²) < 4.78 is 26.2. The van der Waals surface area contributed by atoms with Crippen molar-refractivity contribution in [1.82, 2.24) is 0 Å². The van der Waals surface area contributed by atoms with Crippen LogP contribution in [0.25, 0.3) is 0 Å². The van der Waals surface area contributed by atoms with Crippen molar-refractivity contribution in [3.05, 3.63) is 0 Å². The molecule has 0 rings (SSSR count). The van der Waals surface area contributed by atoms with Crippen LogP contribution < -0.4 is 0 Å². The Bertz CT molecular complexity index is 289. The molecule has 0 radical (unpaired) electrons. The lowest BCUT2D eigenvalue weighted by atomic mass is 10.0. The van der Waals surface area contributed by atoms with Gasteiger partial charge in [0.2, 0.25) is 0 Å². The van der Waals surface area contributed by atoms with Gasteiger partial charge >= 0.3 is 0 Å². The summed E-state index contributed by atoms with van der Waals surface area (Å²) in [6.07, 6.45) is -0.0309. The second kappa shape index (κ2) is 7.99. The van der Waals surface area contributed by atoms with Gasteiger partial charge in [-0.25, -0.2) is 0 Å². The van der Waals surface area contributed by atoms with E-state index in [-0.39, 0.29) is 0 Å². The number of aliphatic hydroxyl groups is 3. The molecule has 0 spiro atoms. The summed E-state index contributed by atoms with van der Waals surface area (Å²) in [5, 5.41) is 28.2. The molecule has 0 amide bonds. The topological polar surface area (TPSA) is 104 Å². The Morgan fingerprint density at radius 2 is 1.82 bits per heavy atom. The maximum absolute atomic E-state index is 10.9. The Morgan fingerprint density at radius 3 is 2.24 bits per heavy atom. The van der Waals surface area contributed by atoms with E-state index in [1.807, 2.05) is 6.92 Å². The van der Waals surface area contributed by atoms with Crippen LogP contribution in [-0.4, -0.2) is 54.9 Å². The highest BCUT2D eigenvalue weighted by atomic mass is 32.2. The molecule has 0 heterocycles. The fourth-order valence-corrected chi connectivity index (χ4v) is 2.07. The Morgan fingerprint density at radius 1 is 1.24 bits per heavy atom. The van der Waals surface area contributed by atoms with Crippen LogP contribution in [-0.2, 0) is 14.3 Å². The lowest BCUT2D eigenvalue weighted by Gasteiger charge is -2.24. The molecule has 0 saturated carbocycles. The van der Waals surface area contributed by atoms with Crippen LogP contribution in [0.3, 0.4) is 0 Å². The second-order valence-electron chi connectivity index (χ2n) is 4.08. The van der Waals surface area contributed by atoms with Crippen LogP contribution >= 0.6 is 0 Å². The molecule has 0 saturated heterocycles. The molecule has 0 aromatic rings. The molecule has 0 aromatic carbocycles. The van der Waals surface area contributed by atoms with Gasteiger partial charge in [0.05, 0.1) is 19.0 Å². The van der Waals surface area contributed by atoms with Crippen molar-refractivity contribution in [3.63, 3.8) is 0 Å². The predicted octanol–water partition coefficient (Wildman–Crippen LogP) is -0.374. The average molecular weight is 270 g/mol. The van der Waals surface area contributed by atoms with Crippen LogP contribution in [0.1, 0.15) is 32.6 Å². The molecule has 3 N–H and O–H groups in total. The van der Waals surface area contributed by atoms with E-state index in [1.54, 1.807) is 0 Å². The van der Waals surface area contributed by atoms with Gasteiger partial charge in [-0.05, 0) is 6.42 Å². The zero-order valence-electron chi connectivity index (χ0n) is 10.2. The van der Waals surface area contributed by atoms with Gasteiger partial charge in [-0.2, -0.15) is 8.42 Å². The van der Waals surface area contributed by atoms with Gasteiger partial charge in [0.1, 0.15) is 12.2 Å². The molecular weight excluding hydrogens is 248 g/mol. The Hall–Kier alpha value is -0.210. The van der Waals surface area contributed by atoms with E-state index in [1.165, 1.54) is 0 Å². The minimum absolute atomic E-state index is 0.346. The number of hydrogen-bond acceptors (Lipinski definition) is 6. The number of aliphatic hydroxyl groups excluding tert-OH is 3. The highest BCUT2D eigenvalue weighted by Crippen LogP contribution is 2.12. The van der Waals surface area contributed by atoms with Gasteiger partial charge in [0.15, 0.2) is 0 Å². The lowest BCUT2D eigenvalue weighted by molar-refractivity contribution is -0.0660. The van der Waals surface area contributed by atoms with Gasteiger partial charge in [0.25, 0.3) is 10.1 Å². The van der Waals surface area contributed by atoms with Crippen molar-refractivity contribution >= 4 is 10.1 Å². The van der Waals surface area contributed by atoms with Crippen LogP contribution in [0.5, 0.6) is 0 Å². The predicted molar refractivity (Wildman–Crippen MR) is 63.0 cm³/mol. The van der Waals surface area contributed by atoms with Crippen LogP contribution in [0.15, 0.2) is 0 Å². The molecule has 0 fully saturated rings. The standard InChI is InChI=1S/C10H22O6S/c1-3-4-5-6-8(12)10(13)9(7-11)16-17(2,14)15/h8-13H,3-7H2,1-2H3/t8-,9+,10-/m1/s1. The van der Waals surface area contributed by atoms with E-state index in [0.29, 0.717) is 6.42 Å². The largest absolute Gasteiger partial charge is 0.394 e. The maximum Gasteiger partial charge on any atom is 0.264 e. The molecule has 0 unspecified atom stereocenters. The van der Waals surface area contributed by atoms with Crippen molar-refractivity contribution in [1.29, 1.82) is 0 Å². The Balaban J connectivity index is 4.27. The molecule has 7 heteroatoms. The Kier molecular flexibility index (Phi) is 7.89. The second-order valence-corrected chi connectivity index (χ2v) is 5.68. The molecule has 0 aromatic heterocycles. The van der Waals surface area contributed by atoms with Crippen LogP contribution in [0.2, 0.25) is 0 Å². The first-order valence-corrected chi connectivity index (χ1v) is 7.48. The molecule has 0 aliphatic rings. The third-order valence-electron chi connectivity index (χ3n) is 2.36. The number of hydrogen-bond donors (Lipinski definition) is 3. The van der Waals surface area contributed by atoms with Crippen molar-refractivity contribution in [2.45, 2.75) is 50.9 Å². The zero-order valence-corrected chi connectivity index (χ0v) is 11.1. The summed E-state index contributed by atoms with van der Waals surface area (Å²) in [7, 11) is -3.77. The van der Waals surface area contributed by atoms with E-state index in [9.17, 15) is 18.6 Å². The third-order valence-corrected chi connectivity index (χ3v) is 2.95. The molecule has 104 valence electrons. The first-order chi connectivity index (χ1) is 7.81. The van der Waals surface area contributed by atoms with E-state index in [0.717, 1.165) is 25.5 Å². The summed E-state index contributed by atoms with van der Waals surface area (Å²) >= 11 is 0. The van der Waals surface area contributed by atoms with Gasteiger partial charge in [0, 0.05) is 0 Å². The Labute approximate surface area is 102 Å². The highest BCUT2D eigenvalue weighted by Gasteiger charge is 2.29. The number of unbranched alkanes of at least 4 members (excludes halogenated alkanes) is 2. The molecule has 0 aliphatic carbocycles. The maximum atomic E-state index is 10.9. The molecule has 0 aliphatic heterocycles. The van der Waals surface area contributed by atoms with Gasteiger partial charge in [-0.15, -0.1) is 0 Å². The van der Waals surface area contributed by atoms with Crippen LogP contribution in [0.4, 0.5) is 0 Å². The molecule has 6 nitrogen and oxygen atoms in total. The van der Waals surface area contributed by atoms with Crippen molar-refractivity contribution in [3.8, 4) is 0 Å². The average Bonchev–Trinajstić information content (AvgIpc) is 2.23. The monoisotopic (exact) mass is 270 g/mol. The van der Waals surface area contributed by atoms with Crippen LogP contribution in [0, 0.1) is 0 Å². The summed E-state index contributed by atoms with van der Waals surface area (Å²) in [6, 6.07) is 0. The zero-order chi connectivity index (χ0) is 13.5. The fourth-order valence-electron chi connectivity index (χ4n) is 1.44. The van der Waals surface area contributed by atoms with Crippen molar-refractivity contribution in [2.75, 3.05) is 12.9 Å². The van der Waals surface area contributed by atoms with E-state index in [4.69, 9.17) is 5.11 Å². The van der Waals surface area contributed by atoms with Gasteiger partial charge in [-0.3, -0.25) is 4.18 Å². The van der Waals surface area contributed by atoms with Gasteiger partial charge < -0.3 is 15.3 Å². The molecular formula is C10H22O6S. The molecule has 17 heavy (non-hydrogen) atoms. The molecule has 0 bridgehead atoms. The minimum Gasteiger partial charge on any atom is -0.394 e. The fraction of sp³-hybridized carbons (Fsp3) is 1.00. The van der Waals surface area contributed by atoms with Gasteiger partial charge in [-0.1, -0.05) is 26.2 Å². The summed E-state index contributed by atoms with van der Waals surface area (Å²) in [4.78, 5) is 0. The SMILES string of the molecule is CCCCC[C@@H](O)[C@@H](O)[C@H](CO)OS(C)(=O)=O.